The molecular weight excluding hydrogens is 300 g/mol. The van der Waals surface area contributed by atoms with Crippen LogP contribution in [0.2, 0.25) is 0 Å². The maximum absolute atomic E-state index is 6.52. The first kappa shape index (κ1) is 17.0. The predicted molar refractivity (Wildman–Crippen MR) is 98.4 cm³/mol. The molecule has 1 aliphatic rings. The van der Waals surface area contributed by atoms with Crippen molar-refractivity contribution in [1.82, 2.24) is 9.80 Å². The smallest absolute Gasteiger partial charge is 0.180 e. The van der Waals surface area contributed by atoms with Crippen molar-refractivity contribution in [3.8, 4) is 5.75 Å². The Kier molecular flexibility index (Phi) is 5.19. The molecule has 1 aliphatic heterocycles. The Balaban J connectivity index is 1.93. The van der Waals surface area contributed by atoms with Gasteiger partial charge in [0.2, 0.25) is 0 Å². The summed E-state index contributed by atoms with van der Waals surface area (Å²) in [7, 11) is 6.45. The van der Waals surface area contributed by atoms with Gasteiger partial charge in [0, 0.05) is 19.2 Å². The number of morpholine rings is 1. The average molecular weight is 327 g/mol. The summed E-state index contributed by atoms with van der Waals surface area (Å²) in [6.45, 7) is 2.41. The van der Waals surface area contributed by atoms with Crippen LogP contribution in [0.4, 0.5) is 5.69 Å². The number of nitrogens with one attached hydrogen (secondary N) is 1. The zero-order valence-electron chi connectivity index (χ0n) is 14.7. The Morgan fingerprint density at radius 2 is 1.75 bits per heavy atom. The van der Waals surface area contributed by atoms with E-state index in [1.165, 1.54) is 0 Å². The fourth-order valence-electron chi connectivity index (χ4n) is 3.03. The maximum Gasteiger partial charge on any atom is 0.180 e. The minimum atomic E-state index is -0.133. The van der Waals surface area contributed by atoms with Gasteiger partial charge in [-0.3, -0.25) is 4.48 Å². The molecule has 0 amide bonds. The SMILES string of the molecule is C[N+](C)(C)c1ccccc1O[C@@H](c1ccccc1)C1CNCCO1. The van der Waals surface area contributed by atoms with Crippen molar-refractivity contribution >= 4 is 5.69 Å². The van der Waals surface area contributed by atoms with Gasteiger partial charge < -0.3 is 14.8 Å². The second-order valence-electron chi connectivity index (χ2n) is 7.04. The molecule has 0 aliphatic carbocycles. The van der Waals surface area contributed by atoms with Gasteiger partial charge in [-0.05, 0) is 11.6 Å². The van der Waals surface area contributed by atoms with E-state index in [9.17, 15) is 0 Å². The van der Waals surface area contributed by atoms with Crippen LogP contribution in [0, 0.1) is 0 Å². The fourth-order valence-corrected chi connectivity index (χ4v) is 3.03. The van der Waals surface area contributed by atoms with Gasteiger partial charge in [-0.15, -0.1) is 0 Å². The fraction of sp³-hybridized carbons (Fsp3) is 0.400. The van der Waals surface area contributed by atoms with E-state index in [4.69, 9.17) is 9.47 Å². The molecule has 4 nitrogen and oxygen atoms in total. The molecule has 4 heteroatoms. The summed E-state index contributed by atoms with van der Waals surface area (Å²) in [5.41, 5.74) is 2.30. The zero-order valence-corrected chi connectivity index (χ0v) is 14.7. The Bertz CT molecular complexity index is 646. The van der Waals surface area contributed by atoms with Crippen LogP contribution in [0.15, 0.2) is 54.6 Å². The molecule has 1 fully saturated rings. The normalized spacial score (nSPS) is 19.7. The molecule has 1 unspecified atom stereocenters. The predicted octanol–water partition coefficient (Wildman–Crippen LogP) is 2.99. The lowest BCUT2D eigenvalue weighted by atomic mass is 10.0. The van der Waals surface area contributed by atoms with E-state index in [2.05, 4.69) is 50.7 Å². The molecule has 1 saturated heterocycles. The van der Waals surface area contributed by atoms with Crippen LogP contribution in [-0.4, -0.2) is 46.9 Å². The summed E-state index contributed by atoms with van der Waals surface area (Å²) in [5, 5.41) is 3.41. The van der Waals surface area contributed by atoms with Crippen molar-refractivity contribution in [3.05, 3.63) is 60.2 Å². The van der Waals surface area contributed by atoms with Crippen LogP contribution in [0.25, 0.3) is 0 Å². The highest BCUT2D eigenvalue weighted by atomic mass is 16.5. The van der Waals surface area contributed by atoms with Crippen molar-refractivity contribution < 1.29 is 9.47 Å². The molecule has 2 aromatic carbocycles. The maximum atomic E-state index is 6.52. The van der Waals surface area contributed by atoms with Gasteiger partial charge >= 0.3 is 0 Å². The van der Waals surface area contributed by atoms with Crippen LogP contribution in [-0.2, 0) is 4.74 Å². The van der Waals surface area contributed by atoms with Gasteiger partial charge in [0.25, 0.3) is 0 Å². The molecule has 0 bridgehead atoms. The third-order valence-corrected chi connectivity index (χ3v) is 4.26. The molecule has 128 valence electrons. The molecule has 0 aromatic heterocycles. The first-order valence-corrected chi connectivity index (χ1v) is 8.50. The molecule has 24 heavy (non-hydrogen) atoms. The van der Waals surface area contributed by atoms with Crippen molar-refractivity contribution in [2.45, 2.75) is 12.2 Å². The van der Waals surface area contributed by atoms with E-state index in [1.807, 2.05) is 30.3 Å². The van der Waals surface area contributed by atoms with Gasteiger partial charge in [-0.1, -0.05) is 42.5 Å². The third kappa shape index (κ3) is 3.96. The third-order valence-electron chi connectivity index (χ3n) is 4.26. The number of rotatable bonds is 5. The number of hydrogen-bond acceptors (Lipinski definition) is 3. The van der Waals surface area contributed by atoms with E-state index < -0.39 is 0 Å². The molecule has 3 rings (SSSR count). The summed E-state index contributed by atoms with van der Waals surface area (Å²) in [5.74, 6) is 0.910. The monoisotopic (exact) mass is 327 g/mol. The number of hydrogen-bond donors (Lipinski definition) is 1. The van der Waals surface area contributed by atoms with Crippen LogP contribution in [0.5, 0.6) is 5.75 Å². The van der Waals surface area contributed by atoms with Gasteiger partial charge in [0.05, 0.1) is 27.7 Å². The van der Waals surface area contributed by atoms with Crippen LogP contribution >= 0.6 is 0 Å². The molecule has 1 heterocycles. The highest BCUT2D eigenvalue weighted by Crippen LogP contribution is 2.35. The van der Waals surface area contributed by atoms with Crippen molar-refractivity contribution in [2.75, 3.05) is 40.8 Å². The number of ether oxygens (including phenoxy) is 2. The summed E-state index contributed by atoms with van der Waals surface area (Å²) in [6.07, 6.45) is -0.131. The van der Waals surface area contributed by atoms with Crippen molar-refractivity contribution in [1.29, 1.82) is 0 Å². The lowest BCUT2D eigenvalue weighted by Crippen LogP contribution is -2.43. The molecule has 1 N–H and O–H groups in total. The number of nitrogens with zero attached hydrogens (tertiary/aromatic N) is 1. The minimum absolute atomic E-state index is 0.00155. The first-order valence-electron chi connectivity index (χ1n) is 8.50. The van der Waals surface area contributed by atoms with Crippen LogP contribution < -0.4 is 14.5 Å². The van der Waals surface area contributed by atoms with Crippen LogP contribution in [0.3, 0.4) is 0 Å². The summed E-state index contributed by atoms with van der Waals surface area (Å²) < 4.78 is 13.2. The Morgan fingerprint density at radius 3 is 2.42 bits per heavy atom. The molecule has 2 aromatic rings. The Morgan fingerprint density at radius 1 is 1.04 bits per heavy atom. The first-order chi connectivity index (χ1) is 11.6. The number of quaternary nitrogens is 1. The summed E-state index contributed by atoms with van der Waals surface area (Å²) >= 11 is 0. The lowest BCUT2D eigenvalue weighted by Gasteiger charge is -2.33. The minimum Gasteiger partial charge on any atom is -0.477 e. The lowest BCUT2D eigenvalue weighted by molar-refractivity contribution is -0.0433. The van der Waals surface area contributed by atoms with Crippen molar-refractivity contribution in [2.24, 2.45) is 0 Å². The van der Waals surface area contributed by atoms with E-state index >= 15 is 0 Å². The number of para-hydroxylation sites is 2. The molecule has 2 atom stereocenters. The largest absolute Gasteiger partial charge is 0.477 e. The van der Waals surface area contributed by atoms with Crippen LogP contribution in [0.1, 0.15) is 11.7 Å². The van der Waals surface area contributed by atoms with Gasteiger partial charge in [-0.25, -0.2) is 0 Å². The standard InChI is InChI=1S/C20H27N2O2/c1-22(2,3)17-11-7-8-12-18(17)24-20(16-9-5-4-6-10-16)19-15-21-13-14-23-19/h4-12,19-21H,13-15H2,1-3H3/q+1/t19?,20-/m0/s1. The van der Waals surface area contributed by atoms with Crippen molar-refractivity contribution in [3.63, 3.8) is 0 Å². The van der Waals surface area contributed by atoms with E-state index in [0.29, 0.717) is 11.1 Å². The number of benzene rings is 2. The molecule has 0 radical (unpaired) electrons. The molecule has 0 spiro atoms. The second kappa shape index (κ2) is 7.34. The van der Waals surface area contributed by atoms with E-state index in [1.54, 1.807) is 0 Å². The quantitative estimate of drug-likeness (QED) is 0.857. The zero-order chi connectivity index (χ0) is 17.0. The van der Waals surface area contributed by atoms with Gasteiger partial charge in [-0.2, -0.15) is 0 Å². The Labute approximate surface area is 144 Å². The van der Waals surface area contributed by atoms with Gasteiger partial charge in [0.15, 0.2) is 17.5 Å². The summed E-state index contributed by atoms with van der Waals surface area (Å²) in [6, 6.07) is 18.6. The topological polar surface area (TPSA) is 30.5 Å². The molecular formula is C20H27N2O2+. The average Bonchev–Trinajstić information content (AvgIpc) is 2.61. The van der Waals surface area contributed by atoms with E-state index in [-0.39, 0.29) is 12.2 Å². The second-order valence-corrected chi connectivity index (χ2v) is 7.04. The highest BCUT2D eigenvalue weighted by Gasteiger charge is 2.30. The highest BCUT2D eigenvalue weighted by molar-refractivity contribution is 5.54. The molecule has 0 saturated carbocycles. The van der Waals surface area contributed by atoms with E-state index in [0.717, 1.165) is 30.1 Å². The Hall–Kier alpha value is -1.88. The van der Waals surface area contributed by atoms with Gasteiger partial charge in [0.1, 0.15) is 6.10 Å². The summed E-state index contributed by atoms with van der Waals surface area (Å²) in [4.78, 5) is 0.